The normalized spacial score (nSPS) is 10.4. The predicted octanol–water partition coefficient (Wildman–Crippen LogP) is 2.05. The maximum atomic E-state index is 13.1. The number of benzene rings is 1. The van der Waals surface area contributed by atoms with Gasteiger partial charge in [0, 0.05) is 20.1 Å². The Morgan fingerprint density at radius 3 is 2.82 bits per heavy atom. The number of hydrogen-bond acceptors (Lipinski definition) is 2. The molecule has 0 radical (unpaired) electrons. The van der Waals surface area contributed by atoms with Gasteiger partial charge in [-0.15, -0.1) is 0 Å². The molecule has 0 bridgehead atoms. The van der Waals surface area contributed by atoms with Crippen molar-refractivity contribution in [3.05, 3.63) is 34.6 Å². The van der Waals surface area contributed by atoms with Gasteiger partial charge in [-0.3, -0.25) is 4.79 Å². The lowest BCUT2D eigenvalue weighted by molar-refractivity contribution is -0.128. The highest BCUT2D eigenvalue weighted by Gasteiger charge is 2.06. The molecule has 0 unspecified atom stereocenters. The molecule has 0 saturated heterocycles. The molecule has 1 N–H and O–H groups in total. The number of nitrogens with one attached hydrogen (secondary N) is 1. The molecule has 1 aromatic carbocycles. The zero-order valence-electron chi connectivity index (χ0n) is 9.96. The molecular formula is C12H16ClFN2O. The molecule has 94 valence electrons. The van der Waals surface area contributed by atoms with E-state index in [1.807, 2.05) is 6.92 Å². The number of carbonyl (C=O) groups is 1. The summed E-state index contributed by atoms with van der Waals surface area (Å²) < 4.78 is 13.1. The highest BCUT2D eigenvalue weighted by Crippen LogP contribution is 2.15. The molecule has 0 atom stereocenters. The Hall–Kier alpha value is -1.13. The summed E-state index contributed by atoms with van der Waals surface area (Å²) >= 11 is 5.57. The average molecular weight is 259 g/mol. The first kappa shape index (κ1) is 13.9. The fraction of sp³-hybridized carbons (Fsp3) is 0.417. The van der Waals surface area contributed by atoms with Gasteiger partial charge < -0.3 is 10.2 Å². The van der Waals surface area contributed by atoms with Crippen LogP contribution >= 0.6 is 11.6 Å². The molecule has 0 saturated carbocycles. The summed E-state index contributed by atoms with van der Waals surface area (Å²) in [5.41, 5.74) is 0.763. The van der Waals surface area contributed by atoms with Crippen molar-refractivity contribution in [1.29, 1.82) is 0 Å². The van der Waals surface area contributed by atoms with Crippen LogP contribution in [0.5, 0.6) is 0 Å². The van der Waals surface area contributed by atoms with Crippen molar-refractivity contribution in [2.24, 2.45) is 0 Å². The summed E-state index contributed by atoms with van der Waals surface area (Å²) in [5.74, 6) is -0.426. The summed E-state index contributed by atoms with van der Waals surface area (Å²) in [6, 6.07) is 4.60. The number of hydrogen-bond donors (Lipinski definition) is 1. The van der Waals surface area contributed by atoms with E-state index in [1.165, 1.54) is 12.1 Å². The Kier molecular flexibility index (Phi) is 5.38. The van der Waals surface area contributed by atoms with Crippen LogP contribution in [-0.2, 0) is 11.3 Å². The fourth-order valence-corrected chi connectivity index (χ4v) is 1.39. The van der Waals surface area contributed by atoms with Crippen molar-refractivity contribution in [3.8, 4) is 0 Å². The van der Waals surface area contributed by atoms with E-state index >= 15 is 0 Å². The van der Waals surface area contributed by atoms with E-state index in [4.69, 9.17) is 11.6 Å². The molecule has 0 heterocycles. The monoisotopic (exact) mass is 258 g/mol. The maximum Gasteiger partial charge on any atom is 0.236 e. The van der Waals surface area contributed by atoms with Crippen molar-refractivity contribution >= 4 is 17.5 Å². The van der Waals surface area contributed by atoms with Crippen LogP contribution in [0.3, 0.4) is 0 Å². The number of likely N-dealkylation sites (N-methyl/N-ethyl adjacent to an activating group) is 1. The second-order valence-electron chi connectivity index (χ2n) is 3.76. The lowest BCUT2D eigenvalue weighted by Gasteiger charge is -2.14. The minimum atomic E-state index is -0.442. The minimum absolute atomic E-state index is 0.0157. The molecule has 0 aliphatic carbocycles. The van der Waals surface area contributed by atoms with Crippen LogP contribution in [-0.4, -0.2) is 30.9 Å². The molecule has 1 rings (SSSR count). The van der Waals surface area contributed by atoms with Gasteiger partial charge in [0.2, 0.25) is 5.91 Å². The van der Waals surface area contributed by atoms with Gasteiger partial charge in [0.15, 0.2) is 0 Å². The number of nitrogens with zero attached hydrogens (tertiary/aromatic N) is 1. The highest BCUT2D eigenvalue weighted by molar-refractivity contribution is 6.30. The molecule has 17 heavy (non-hydrogen) atoms. The molecule has 0 aliphatic heterocycles. The van der Waals surface area contributed by atoms with Gasteiger partial charge >= 0.3 is 0 Å². The van der Waals surface area contributed by atoms with Crippen LogP contribution in [0.4, 0.5) is 4.39 Å². The van der Waals surface area contributed by atoms with Crippen LogP contribution in [0, 0.1) is 5.82 Å². The quantitative estimate of drug-likeness (QED) is 0.877. The van der Waals surface area contributed by atoms with Crippen molar-refractivity contribution in [2.45, 2.75) is 13.5 Å². The summed E-state index contributed by atoms with van der Waals surface area (Å²) in [6.07, 6.45) is 0. The first-order chi connectivity index (χ1) is 8.04. The van der Waals surface area contributed by atoms with Gasteiger partial charge in [-0.1, -0.05) is 17.7 Å². The molecule has 0 aliphatic rings. The summed E-state index contributed by atoms with van der Waals surface area (Å²) in [7, 11) is 1.74. The van der Waals surface area contributed by atoms with Gasteiger partial charge in [-0.25, -0.2) is 4.39 Å². The number of rotatable bonds is 5. The largest absolute Gasteiger partial charge is 0.345 e. The van der Waals surface area contributed by atoms with Crippen molar-refractivity contribution in [3.63, 3.8) is 0 Å². The molecule has 3 nitrogen and oxygen atoms in total. The third kappa shape index (κ3) is 4.32. The molecule has 5 heteroatoms. The van der Waals surface area contributed by atoms with Crippen LogP contribution < -0.4 is 5.32 Å². The van der Waals surface area contributed by atoms with Crippen LogP contribution in [0.1, 0.15) is 12.5 Å². The third-order valence-corrected chi connectivity index (χ3v) is 2.80. The first-order valence-corrected chi connectivity index (χ1v) is 5.81. The number of amides is 1. The van der Waals surface area contributed by atoms with E-state index in [1.54, 1.807) is 18.0 Å². The Morgan fingerprint density at radius 2 is 2.24 bits per heavy atom. The van der Waals surface area contributed by atoms with E-state index < -0.39 is 5.82 Å². The minimum Gasteiger partial charge on any atom is -0.345 e. The van der Waals surface area contributed by atoms with Crippen molar-refractivity contribution in [2.75, 3.05) is 20.1 Å². The van der Waals surface area contributed by atoms with Gasteiger partial charge in [-0.05, 0) is 24.6 Å². The molecule has 0 spiro atoms. The van der Waals surface area contributed by atoms with E-state index in [9.17, 15) is 9.18 Å². The smallest absolute Gasteiger partial charge is 0.236 e. The third-order valence-electron chi connectivity index (χ3n) is 2.49. The standard InChI is InChI=1S/C12H16ClFN2O/c1-3-16(2)12(17)8-15-7-9-4-5-10(13)11(14)6-9/h4-6,15H,3,7-8H2,1-2H3. The van der Waals surface area contributed by atoms with Crippen LogP contribution in [0.2, 0.25) is 5.02 Å². The maximum absolute atomic E-state index is 13.1. The second kappa shape index (κ2) is 6.57. The highest BCUT2D eigenvalue weighted by atomic mass is 35.5. The second-order valence-corrected chi connectivity index (χ2v) is 4.17. The zero-order valence-corrected chi connectivity index (χ0v) is 10.7. The Balaban J connectivity index is 2.41. The molecule has 1 amide bonds. The van der Waals surface area contributed by atoms with Gasteiger partial charge in [-0.2, -0.15) is 0 Å². The SMILES string of the molecule is CCN(C)C(=O)CNCc1ccc(Cl)c(F)c1. The van der Waals surface area contributed by atoms with E-state index in [0.717, 1.165) is 5.56 Å². The van der Waals surface area contributed by atoms with Crippen molar-refractivity contribution < 1.29 is 9.18 Å². The van der Waals surface area contributed by atoms with E-state index in [0.29, 0.717) is 13.1 Å². The van der Waals surface area contributed by atoms with E-state index in [2.05, 4.69) is 5.32 Å². The number of carbonyl (C=O) groups excluding carboxylic acids is 1. The molecule has 0 fully saturated rings. The summed E-state index contributed by atoms with van der Waals surface area (Å²) in [6.45, 7) is 3.27. The Bertz CT molecular complexity index is 398. The van der Waals surface area contributed by atoms with Crippen LogP contribution in [0.25, 0.3) is 0 Å². The first-order valence-electron chi connectivity index (χ1n) is 5.43. The van der Waals surface area contributed by atoms with Gasteiger partial charge in [0.25, 0.3) is 0 Å². The predicted molar refractivity (Wildman–Crippen MR) is 66.4 cm³/mol. The van der Waals surface area contributed by atoms with Crippen LogP contribution in [0.15, 0.2) is 18.2 Å². The zero-order chi connectivity index (χ0) is 12.8. The van der Waals surface area contributed by atoms with Gasteiger partial charge in [0.1, 0.15) is 5.82 Å². The fourth-order valence-electron chi connectivity index (χ4n) is 1.27. The topological polar surface area (TPSA) is 32.3 Å². The van der Waals surface area contributed by atoms with Gasteiger partial charge in [0.05, 0.1) is 11.6 Å². The Morgan fingerprint density at radius 1 is 1.53 bits per heavy atom. The van der Waals surface area contributed by atoms with Crippen molar-refractivity contribution in [1.82, 2.24) is 10.2 Å². The lowest BCUT2D eigenvalue weighted by Crippen LogP contribution is -2.35. The average Bonchev–Trinajstić information content (AvgIpc) is 2.32. The van der Waals surface area contributed by atoms with E-state index in [-0.39, 0.29) is 17.5 Å². The molecule has 0 aromatic heterocycles. The summed E-state index contributed by atoms with van der Waals surface area (Å²) in [4.78, 5) is 13.1. The lowest BCUT2D eigenvalue weighted by atomic mass is 10.2. The number of halogens is 2. The molecular weight excluding hydrogens is 243 g/mol. The Labute approximate surface area is 106 Å². The summed E-state index contributed by atoms with van der Waals surface area (Å²) in [5, 5.41) is 3.07. The molecule has 1 aromatic rings.